The number of halogens is 2. The first-order valence-electron chi connectivity index (χ1n) is 6.10. The van der Waals surface area contributed by atoms with Crippen molar-refractivity contribution in [1.82, 2.24) is 5.32 Å². The van der Waals surface area contributed by atoms with Crippen LogP contribution >= 0.6 is 0 Å². The molecule has 0 aromatic heterocycles. The summed E-state index contributed by atoms with van der Waals surface area (Å²) in [5.74, 6) is -1.74. The number of hydrogen-bond donors (Lipinski definition) is 2. The molecule has 1 atom stereocenters. The van der Waals surface area contributed by atoms with Gasteiger partial charge < -0.3 is 10.6 Å². The lowest BCUT2D eigenvalue weighted by molar-refractivity contribution is -0.118. The molecule has 0 saturated heterocycles. The Balaban J connectivity index is 2.20. The number of carbonyl (C=O) groups excluding carboxylic acids is 1. The second-order valence-corrected chi connectivity index (χ2v) is 4.25. The fourth-order valence-electron chi connectivity index (χ4n) is 1.89. The largest absolute Gasteiger partial charge is 0.322 e. The quantitative estimate of drug-likeness (QED) is 0.901. The molecule has 0 saturated carbocycles. The van der Waals surface area contributed by atoms with Crippen LogP contribution in [-0.4, -0.2) is 13.0 Å². The van der Waals surface area contributed by atoms with E-state index in [9.17, 15) is 13.6 Å². The van der Waals surface area contributed by atoms with Gasteiger partial charge in [-0.15, -0.1) is 0 Å². The summed E-state index contributed by atoms with van der Waals surface area (Å²) in [5.41, 5.74) is 0.565. The van der Waals surface area contributed by atoms with Gasteiger partial charge in [0.25, 0.3) is 0 Å². The van der Waals surface area contributed by atoms with E-state index < -0.39 is 23.6 Å². The maximum absolute atomic E-state index is 13.5. The van der Waals surface area contributed by atoms with Gasteiger partial charge in [-0.2, -0.15) is 0 Å². The highest BCUT2D eigenvalue weighted by molar-refractivity contribution is 5.95. The summed E-state index contributed by atoms with van der Waals surface area (Å²) < 4.78 is 26.6. The fraction of sp³-hybridized carbons (Fsp3) is 0.133. The van der Waals surface area contributed by atoms with Gasteiger partial charge in [-0.25, -0.2) is 8.78 Å². The Morgan fingerprint density at radius 1 is 1.10 bits per heavy atom. The Bertz CT molecular complexity index is 602. The first kappa shape index (κ1) is 14.1. The summed E-state index contributed by atoms with van der Waals surface area (Å²) in [6, 6.07) is 11.3. The average Bonchev–Trinajstić information content (AvgIpc) is 2.45. The van der Waals surface area contributed by atoms with Gasteiger partial charge in [0.2, 0.25) is 5.91 Å². The third kappa shape index (κ3) is 3.19. The van der Waals surface area contributed by atoms with E-state index in [1.807, 2.05) is 6.07 Å². The molecule has 0 aliphatic rings. The number of carbonyl (C=O) groups is 1. The summed E-state index contributed by atoms with van der Waals surface area (Å²) in [6.07, 6.45) is 0. The zero-order valence-electron chi connectivity index (χ0n) is 10.9. The number of anilines is 1. The van der Waals surface area contributed by atoms with Crippen LogP contribution in [0.1, 0.15) is 11.6 Å². The highest BCUT2D eigenvalue weighted by Crippen LogP contribution is 2.19. The van der Waals surface area contributed by atoms with Gasteiger partial charge in [-0.05, 0) is 24.7 Å². The van der Waals surface area contributed by atoms with Crippen LogP contribution < -0.4 is 10.6 Å². The smallest absolute Gasteiger partial charge is 0.246 e. The predicted molar refractivity (Wildman–Crippen MR) is 73.2 cm³/mol. The number of rotatable bonds is 4. The molecular formula is C15H14F2N2O. The van der Waals surface area contributed by atoms with Crippen LogP contribution in [0, 0.1) is 11.6 Å². The molecule has 0 fully saturated rings. The lowest BCUT2D eigenvalue weighted by Gasteiger charge is -2.16. The van der Waals surface area contributed by atoms with E-state index in [1.54, 1.807) is 31.3 Å². The minimum atomic E-state index is -0.678. The minimum absolute atomic E-state index is 0.175. The molecular weight excluding hydrogens is 262 g/mol. The zero-order valence-corrected chi connectivity index (χ0v) is 10.9. The van der Waals surface area contributed by atoms with E-state index >= 15 is 0 Å². The SMILES string of the molecule is CN[C@H](C(=O)Nc1cc(F)ccc1F)c1ccccc1. The van der Waals surface area contributed by atoms with Crippen molar-refractivity contribution < 1.29 is 13.6 Å². The van der Waals surface area contributed by atoms with Crippen LogP contribution in [0.2, 0.25) is 0 Å². The number of amides is 1. The van der Waals surface area contributed by atoms with Gasteiger partial charge >= 0.3 is 0 Å². The van der Waals surface area contributed by atoms with Crippen molar-refractivity contribution in [3.8, 4) is 0 Å². The van der Waals surface area contributed by atoms with Crippen molar-refractivity contribution in [1.29, 1.82) is 0 Å². The van der Waals surface area contributed by atoms with Crippen molar-refractivity contribution in [2.45, 2.75) is 6.04 Å². The molecule has 0 aliphatic heterocycles. The number of nitrogens with one attached hydrogen (secondary N) is 2. The molecule has 0 unspecified atom stereocenters. The third-order valence-electron chi connectivity index (χ3n) is 2.87. The molecule has 1 amide bonds. The number of hydrogen-bond acceptors (Lipinski definition) is 2. The van der Waals surface area contributed by atoms with Crippen LogP contribution in [-0.2, 0) is 4.79 Å². The second-order valence-electron chi connectivity index (χ2n) is 4.25. The monoisotopic (exact) mass is 276 g/mol. The normalized spacial score (nSPS) is 11.9. The Kier molecular flexibility index (Phi) is 4.42. The van der Waals surface area contributed by atoms with Crippen LogP contribution in [0.4, 0.5) is 14.5 Å². The highest BCUT2D eigenvalue weighted by Gasteiger charge is 2.19. The van der Waals surface area contributed by atoms with Gasteiger partial charge in [-0.3, -0.25) is 4.79 Å². The Labute approximate surface area is 115 Å². The summed E-state index contributed by atoms with van der Waals surface area (Å²) in [6.45, 7) is 0. The van der Waals surface area contributed by atoms with Gasteiger partial charge in [0, 0.05) is 6.07 Å². The molecule has 2 N–H and O–H groups in total. The summed E-state index contributed by atoms with van der Waals surface area (Å²) in [5, 5.41) is 5.23. The topological polar surface area (TPSA) is 41.1 Å². The van der Waals surface area contributed by atoms with Crippen LogP contribution in [0.25, 0.3) is 0 Å². The Morgan fingerprint density at radius 2 is 1.80 bits per heavy atom. The van der Waals surface area contributed by atoms with Crippen molar-refractivity contribution in [3.05, 3.63) is 65.7 Å². The Morgan fingerprint density at radius 3 is 2.45 bits per heavy atom. The first-order chi connectivity index (χ1) is 9.61. The van der Waals surface area contributed by atoms with Crippen molar-refractivity contribution in [3.63, 3.8) is 0 Å². The molecule has 104 valence electrons. The third-order valence-corrected chi connectivity index (χ3v) is 2.87. The van der Waals surface area contributed by atoms with Crippen molar-refractivity contribution in [2.75, 3.05) is 12.4 Å². The molecule has 3 nitrogen and oxygen atoms in total. The molecule has 0 radical (unpaired) electrons. The van der Waals surface area contributed by atoms with E-state index in [1.165, 1.54) is 0 Å². The summed E-state index contributed by atoms with van der Waals surface area (Å²) in [7, 11) is 1.62. The number of likely N-dealkylation sites (N-methyl/N-ethyl adjacent to an activating group) is 1. The lowest BCUT2D eigenvalue weighted by Crippen LogP contribution is -2.30. The van der Waals surface area contributed by atoms with E-state index in [0.29, 0.717) is 0 Å². The molecule has 20 heavy (non-hydrogen) atoms. The van der Waals surface area contributed by atoms with Gasteiger partial charge in [-0.1, -0.05) is 30.3 Å². The summed E-state index contributed by atoms with van der Waals surface area (Å²) >= 11 is 0. The molecule has 0 aliphatic carbocycles. The van der Waals surface area contributed by atoms with E-state index in [2.05, 4.69) is 10.6 Å². The molecule has 5 heteroatoms. The van der Waals surface area contributed by atoms with Crippen LogP contribution in [0.5, 0.6) is 0 Å². The maximum Gasteiger partial charge on any atom is 0.246 e. The Hall–Kier alpha value is -2.27. The van der Waals surface area contributed by atoms with Crippen LogP contribution in [0.15, 0.2) is 48.5 Å². The van der Waals surface area contributed by atoms with Crippen molar-refractivity contribution in [2.24, 2.45) is 0 Å². The average molecular weight is 276 g/mol. The molecule has 2 aromatic carbocycles. The van der Waals surface area contributed by atoms with Crippen LogP contribution in [0.3, 0.4) is 0 Å². The molecule has 0 spiro atoms. The van der Waals surface area contributed by atoms with Gasteiger partial charge in [0.05, 0.1) is 5.69 Å². The van der Waals surface area contributed by atoms with E-state index in [4.69, 9.17) is 0 Å². The molecule has 2 rings (SSSR count). The number of benzene rings is 2. The standard InChI is InChI=1S/C15H14F2N2O/c1-18-14(10-5-3-2-4-6-10)15(20)19-13-9-11(16)7-8-12(13)17/h2-9,14,18H,1H3,(H,19,20)/t14-/m0/s1. The highest BCUT2D eigenvalue weighted by atomic mass is 19.1. The van der Waals surface area contributed by atoms with Crippen molar-refractivity contribution >= 4 is 11.6 Å². The zero-order chi connectivity index (χ0) is 14.5. The second kappa shape index (κ2) is 6.25. The minimum Gasteiger partial charge on any atom is -0.322 e. The lowest BCUT2D eigenvalue weighted by atomic mass is 10.1. The predicted octanol–water partition coefficient (Wildman–Crippen LogP) is 2.86. The summed E-state index contributed by atoms with van der Waals surface area (Å²) in [4.78, 5) is 12.1. The fourth-order valence-corrected chi connectivity index (χ4v) is 1.89. The van der Waals surface area contributed by atoms with Gasteiger partial charge in [0.1, 0.15) is 17.7 Å². The van der Waals surface area contributed by atoms with E-state index in [0.717, 1.165) is 23.8 Å². The van der Waals surface area contributed by atoms with Gasteiger partial charge in [0.15, 0.2) is 0 Å². The molecule has 2 aromatic rings. The molecule has 0 bridgehead atoms. The first-order valence-corrected chi connectivity index (χ1v) is 6.10. The van der Waals surface area contributed by atoms with E-state index in [-0.39, 0.29) is 5.69 Å². The molecule has 0 heterocycles. The maximum atomic E-state index is 13.5.